The van der Waals surface area contributed by atoms with Crippen molar-refractivity contribution in [3.63, 3.8) is 0 Å². The first-order valence-corrected chi connectivity index (χ1v) is 8.23. The smallest absolute Gasteiger partial charge is 0.227 e. The molecule has 0 radical (unpaired) electrons. The Hall–Kier alpha value is -0.620. The molecule has 1 aliphatic rings. The third kappa shape index (κ3) is 4.94. The highest BCUT2D eigenvalue weighted by Crippen LogP contribution is 2.23. The molecule has 6 heteroatoms. The van der Waals surface area contributed by atoms with Gasteiger partial charge >= 0.3 is 0 Å². The first-order valence-electron chi connectivity index (χ1n) is 6.33. The minimum atomic E-state index is -3.14. The molecule has 0 aliphatic carbocycles. The molecule has 18 heavy (non-hydrogen) atoms. The molecule has 0 saturated carbocycles. The number of amides is 1. The number of rotatable bonds is 3. The second-order valence-electron chi connectivity index (χ2n) is 6.13. The van der Waals surface area contributed by atoms with Gasteiger partial charge in [0, 0.05) is 25.0 Å². The molecule has 106 valence electrons. The van der Waals surface area contributed by atoms with Crippen LogP contribution in [-0.2, 0) is 14.8 Å². The second kappa shape index (κ2) is 5.57. The lowest BCUT2D eigenvalue weighted by atomic mass is 9.91. The predicted molar refractivity (Wildman–Crippen MR) is 71.6 cm³/mol. The van der Waals surface area contributed by atoms with Crippen LogP contribution >= 0.6 is 0 Å². The number of nitrogens with zero attached hydrogens (tertiary/aromatic N) is 1. The van der Waals surface area contributed by atoms with Gasteiger partial charge in [-0.3, -0.25) is 4.79 Å². The number of hydrogen-bond acceptors (Lipinski definition) is 3. The summed E-state index contributed by atoms with van der Waals surface area (Å²) in [5.41, 5.74) is -0.369. The monoisotopic (exact) mass is 276 g/mol. The van der Waals surface area contributed by atoms with Crippen molar-refractivity contribution < 1.29 is 13.2 Å². The van der Waals surface area contributed by atoms with E-state index in [4.69, 9.17) is 0 Å². The molecule has 1 aliphatic heterocycles. The van der Waals surface area contributed by atoms with Gasteiger partial charge in [-0.05, 0) is 18.8 Å². The van der Waals surface area contributed by atoms with E-state index in [1.807, 2.05) is 25.7 Å². The van der Waals surface area contributed by atoms with Crippen LogP contribution in [0.25, 0.3) is 0 Å². The summed E-state index contributed by atoms with van der Waals surface area (Å²) < 4.78 is 24.6. The highest BCUT2D eigenvalue weighted by molar-refractivity contribution is 7.88. The van der Waals surface area contributed by atoms with Crippen LogP contribution < -0.4 is 4.72 Å². The fraction of sp³-hybridized carbons (Fsp3) is 0.917. The quantitative estimate of drug-likeness (QED) is 0.830. The molecule has 1 fully saturated rings. The van der Waals surface area contributed by atoms with Gasteiger partial charge in [0.05, 0.1) is 6.26 Å². The topological polar surface area (TPSA) is 66.5 Å². The lowest BCUT2D eigenvalue weighted by molar-refractivity contribution is -0.141. The van der Waals surface area contributed by atoms with Gasteiger partial charge in [0.2, 0.25) is 15.9 Å². The first-order chi connectivity index (χ1) is 8.09. The molecule has 1 heterocycles. The van der Waals surface area contributed by atoms with Crippen LogP contribution in [0.4, 0.5) is 0 Å². The molecule has 1 atom stereocenters. The van der Waals surface area contributed by atoms with E-state index < -0.39 is 10.0 Å². The van der Waals surface area contributed by atoms with Crippen molar-refractivity contribution in [1.82, 2.24) is 9.62 Å². The minimum Gasteiger partial charge on any atom is -0.342 e. The summed E-state index contributed by atoms with van der Waals surface area (Å²) in [4.78, 5) is 14.0. The summed E-state index contributed by atoms with van der Waals surface area (Å²) in [5.74, 6) is 0.367. The summed E-state index contributed by atoms with van der Waals surface area (Å²) in [5, 5.41) is 0. The van der Waals surface area contributed by atoms with Crippen molar-refractivity contribution in [2.45, 2.75) is 33.6 Å². The van der Waals surface area contributed by atoms with Crippen molar-refractivity contribution in [1.29, 1.82) is 0 Å². The second-order valence-corrected chi connectivity index (χ2v) is 7.96. The molecule has 1 saturated heterocycles. The largest absolute Gasteiger partial charge is 0.342 e. The number of hydrogen-bond donors (Lipinski definition) is 1. The Labute approximate surface area is 110 Å². The van der Waals surface area contributed by atoms with E-state index in [0.29, 0.717) is 13.1 Å². The maximum Gasteiger partial charge on any atom is 0.227 e. The number of piperidine rings is 1. The molecule has 1 N–H and O–H groups in total. The summed E-state index contributed by atoms with van der Waals surface area (Å²) >= 11 is 0. The Morgan fingerprint density at radius 3 is 2.50 bits per heavy atom. The van der Waals surface area contributed by atoms with E-state index >= 15 is 0 Å². The summed E-state index contributed by atoms with van der Waals surface area (Å²) in [7, 11) is -3.14. The fourth-order valence-corrected chi connectivity index (χ4v) is 2.70. The number of likely N-dealkylation sites (tertiary alicyclic amines) is 1. The number of carbonyl (C=O) groups excluding carboxylic acids is 1. The molecule has 0 bridgehead atoms. The maximum atomic E-state index is 12.2. The lowest BCUT2D eigenvalue weighted by Crippen LogP contribution is -2.47. The Kier molecular flexibility index (Phi) is 4.78. The van der Waals surface area contributed by atoms with Gasteiger partial charge in [0.25, 0.3) is 0 Å². The van der Waals surface area contributed by atoms with Crippen molar-refractivity contribution >= 4 is 15.9 Å². The Morgan fingerprint density at radius 2 is 2.00 bits per heavy atom. The first kappa shape index (κ1) is 15.4. The van der Waals surface area contributed by atoms with Gasteiger partial charge in [-0.2, -0.15) is 0 Å². The van der Waals surface area contributed by atoms with Gasteiger partial charge in [0.15, 0.2) is 0 Å². The van der Waals surface area contributed by atoms with Crippen LogP contribution in [0.3, 0.4) is 0 Å². The molecule has 1 unspecified atom stereocenters. The summed E-state index contributed by atoms with van der Waals surface area (Å²) in [6.07, 6.45) is 3.07. The van der Waals surface area contributed by atoms with Gasteiger partial charge in [-0.15, -0.1) is 0 Å². The Balaban J connectivity index is 2.54. The third-order valence-electron chi connectivity index (χ3n) is 3.08. The van der Waals surface area contributed by atoms with Crippen LogP contribution in [0.5, 0.6) is 0 Å². The van der Waals surface area contributed by atoms with Crippen molar-refractivity contribution in [2.24, 2.45) is 11.3 Å². The standard InChI is InChI=1S/C12H24N2O3S/c1-12(2,3)11(15)14-7-5-6-10(9-14)8-13-18(4,16)17/h10,13H,5-9H2,1-4H3. The highest BCUT2D eigenvalue weighted by atomic mass is 32.2. The van der Waals surface area contributed by atoms with E-state index in [2.05, 4.69) is 4.72 Å². The normalized spacial score (nSPS) is 22.0. The van der Waals surface area contributed by atoms with E-state index in [1.165, 1.54) is 0 Å². The van der Waals surface area contributed by atoms with E-state index in [-0.39, 0.29) is 17.2 Å². The number of carbonyl (C=O) groups is 1. The van der Waals surface area contributed by atoms with Crippen LogP contribution in [0.2, 0.25) is 0 Å². The zero-order chi connectivity index (χ0) is 14.0. The predicted octanol–water partition coefficient (Wildman–Crippen LogP) is 0.820. The molecule has 0 aromatic carbocycles. The van der Waals surface area contributed by atoms with Crippen LogP contribution in [0.15, 0.2) is 0 Å². The van der Waals surface area contributed by atoms with Crippen molar-refractivity contribution in [3.8, 4) is 0 Å². The molecule has 5 nitrogen and oxygen atoms in total. The summed E-state index contributed by atoms with van der Waals surface area (Å²) in [6.45, 7) is 7.59. The SMILES string of the molecule is CC(C)(C)C(=O)N1CCCC(CNS(C)(=O)=O)C1. The van der Waals surface area contributed by atoms with Crippen LogP contribution in [0, 0.1) is 11.3 Å². The molecule has 0 aromatic rings. The van der Waals surface area contributed by atoms with Gasteiger partial charge in [-0.1, -0.05) is 20.8 Å². The van der Waals surface area contributed by atoms with E-state index in [1.54, 1.807) is 0 Å². The Bertz CT molecular complexity index is 398. The average Bonchev–Trinajstić information content (AvgIpc) is 2.23. The molecule has 1 rings (SSSR count). The van der Waals surface area contributed by atoms with Crippen molar-refractivity contribution in [2.75, 3.05) is 25.9 Å². The zero-order valence-corrected chi connectivity index (χ0v) is 12.5. The molecular formula is C12H24N2O3S. The number of nitrogens with one attached hydrogen (secondary N) is 1. The van der Waals surface area contributed by atoms with Crippen molar-refractivity contribution in [3.05, 3.63) is 0 Å². The van der Waals surface area contributed by atoms with E-state index in [0.717, 1.165) is 25.6 Å². The average molecular weight is 276 g/mol. The van der Waals surface area contributed by atoms with Gasteiger partial charge < -0.3 is 4.90 Å². The maximum absolute atomic E-state index is 12.2. The van der Waals surface area contributed by atoms with Gasteiger partial charge in [0.1, 0.15) is 0 Å². The van der Waals surface area contributed by atoms with Gasteiger partial charge in [-0.25, -0.2) is 13.1 Å². The number of sulfonamides is 1. The van der Waals surface area contributed by atoms with Crippen LogP contribution in [0.1, 0.15) is 33.6 Å². The minimum absolute atomic E-state index is 0.145. The molecule has 1 amide bonds. The zero-order valence-electron chi connectivity index (χ0n) is 11.7. The molecular weight excluding hydrogens is 252 g/mol. The third-order valence-corrected chi connectivity index (χ3v) is 3.77. The molecule has 0 spiro atoms. The Morgan fingerprint density at radius 1 is 1.39 bits per heavy atom. The van der Waals surface area contributed by atoms with E-state index in [9.17, 15) is 13.2 Å². The molecule has 0 aromatic heterocycles. The summed E-state index contributed by atoms with van der Waals surface area (Å²) in [6, 6.07) is 0. The highest BCUT2D eigenvalue weighted by Gasteiger charge is 2.31. The lowest BCUT2D eigenvalue weighted by Gasteiger charge is -2.36. The fourth-order valence-electron chi connectivity index (χ4n) is 2.16. The van der Waals surface area contributed by atoms with Crippen LogP contribution in [-0.4, -0.2) is 45.1 Å².